The Bertz CT molecular complexity index is 431. The first kappa shape index (κ1) is 15.3. The number of hydrogen-bond acceptors (Lipinski definition) is 4. The highest BCUT2D eigenvalue weighted by Gasteiger charge is 2.19. The van der Waals surface area contributed by atoms with Crippen molar-refractivity contribution < 1.29 is 19.4 Å². The fourth-order valence-corrected chi connectivity index (χ4v) is 1.77. The van der Waals surface area contributed by atoms with Gasteiger partial charge in [-0.05, 0) is 37.5 Å². The van der Waals surface area contributed by atoms with Crippen molar-refractivity contribution in [2.24, 2.45) is 5.73 Å². The summed E-state index contributed by atoms with van der Waals surface area (Å²) in [5.74, 6) is -0.0230. The van der Waals surface area contributed by atoms with Crippen molar-refractivity contribution in [1.82, 2.24) is 0 Å². The van der Waals surface area contributed by atoms with Gasteiger partial charge in [0.2, 0.25) is 0 Å². The van der Waals surface area contributed by atoms with E-state index in [1.165, 1.54) is 7.11 Å². The van der Waals surface area contributed by atoms with Crippen LogP contribution in [0.15, 0.2) is 18.2 Å². The van der Waals surface area contributed by atoms with E-state index in [-0.39, 0.29) is 6.04 Å². The molecule has 0 aliphatic rings. The van der Waals surface area contributed by atoms with Crippen LogP contribution in [0.25, 0.3) is 0 Å². The summed E-state index contributed by atoms with van der Waals surface area (Å²) in [4.78, 5) is 11.0. The van der Waals surface area contributed by atoms with E-state index in [2.05, 4.69) is 0 Å². The molecule has 1 aromatic rings. The number of benzene rings is 1. The lowest BCUT2D eigenvalue weighted by Gasteiger charge is -2.17. The molecule has 0 amide bonds. The molecule has 0 aromatic heterocycles. The lowest BCUT2D eigenvalue weighted by Crippen LogP contribution is -2.26. The van der Waals surface area contributed by atoms with E-state index >= 15 is 0 Å². The second kappa shape index (κ2) is 6.99. The fourth-order valence-electron chi connectivity index (χ4n) is 1.77. The zero-order chi connectivity index (χ0) is 14.4. The topological polar surface area (TPSA) is 81.8 Å². The van der Waals surface area contributed by atoms with Crippen molar-refractivity contribution >= 4 is 5.97 Å². The molecular formula is C14H21NO4. The van der Waals surface area contributed by atoms with Crippen LogP contribution < -0.4 is 15.2 Å². The van der Waals surface area contributed by atoms with Gasteiger partial charge in [0.1, 0.15) is 0 Å². The second-order valence-corrected chi connectivity index (χ2v) is 4.52. The van der Waals surface area contributed by atoms with Gasteiger partial charge in [0, 0.05) is 6.04 Å². The number of carbonyl (C=O) groups is 1. The Morgan fingerprint density at radius 3 is 2.58 bits per heavy atom. The van der Waals surface area contributed by atoms with Crippen molar-refractivity contribution in [2.45, 2.75) is 38.8 Å². The van der Waals surface area contributed by atoms with E-state index in [4.69, 9.17) is 20.3 Å². The zero-order valence-electron chi connectivity index (χ0n) is 11.6. The van der Waals surface area contributed by atoms with Gasteiger partial charge in [-0.15, -0.1) is 0 Å². The maximum atomic E-state index is 11.0. The summed E-state index contributed by atoms with van der Waals surface area (Å²) in [7, 11) is 1.52. The maximum Gasteiger partial charge on any atom is 0.344 e. The SMILES string of the molecule is CCC(Oc1cc(CC(C)N)ccc1OC)C(=O)O. The Labute approximate surface area is 113 Å². The summed E-state index contributed by atoms with van der Waals surface area (Å²) < 4.78 is 10.7. The minimum absolute atomic E-state index is 0.0303. The molecule has 3 N–H and O–H groups in total. The van der Waals surface area contributed by atoms with Crippen LogP contribution >= 0.6 is 0 Å². The van der Waals surface area contributed by atoms with Crippen LogP contribution in [0.3, 0.4) is 0 Å². The highest BCUT2D eigenvalue weighted by atomic mass is 16.5. The lowest BCUT2D eigenvalue weighted by atomic mass is 10.1. The molecule has 19 heavy (non-hydrogen) atoms. The van der Waals surface area contributed by atoms with Gasteiger partial charge in [0.25, 0.3) is 0 Å². The summed E-state index contributed by atoms with van der Waals surface area (Å²) in [5, 5.41) is 9.03. The molecule has 2 atom stereocenters. The van der Waals surface area contributed by atoms with Gasteiger partial charge in [0.05, 0.1) is 7.11 Å². The first-order chi connectivity index (χ1) is 8.97. The van der Waals surface area contributed by atoms with Crippen molar-refractivity contribution in [2.75, 3.05) is 7.11 Å². The molecule has 0 heterocycles. The third kappa shape index (κ3) is 4.44. The molecule has 2 unspecified atom stereocenters. The van der Waals surface area contributed by atoms with Gasteiger partial charge in [-0.1, -0.05) is 13.0 Å². The van der Waals surface area contributed by atoms with Gasteiger partial charge in [-0.2, -0.15) is 0 Å². The molecule has 0 radical (unpaired) electrons. The minimum atomic E-state index is -0.984. The third-order valence-electron chi connectivity index (χ3n) is 2.70. The fraction of sp³-hybridized carbons (Fsp3) is 0.500. The number of carboxylic acid groups (broad SMARTS) is 1. The van der Waals surface area contributed by atoms with E-state index < -0.39 is 12.1 Å². The van der Waals surface area contributed by atoms with E-state index in [0.717, 1.165) is 5.56 Å². The number of methoxy groups -OCH3 is 1. The van der Waals surface area contributed by atoms with Crippen LogP contribution in [-0.2, 0) is 11.2 Å². The molecule has 0 bridgehead atoms. The predicted octanol–water partition coefficient (Wildman–Crippen LogP) is 1.83. The van der Waals surface area contributed by atoms with E-state index in [0.29, 0.717) is 24.3 Å². The van der Waals surface area contributed by atoms with Crippen molar-refractivity contribution in [3.05, 3.63) is 23.8 Å². The Morgan fingerprint density at radius 2 is 2.11 bits per heavy atom. The molecule has 0 aliphatic heterocycles. The van der Waals surface area contributed by atoms with Gasteiger partial charge in [-0.25, -0.2) is 4.79 Å². The largest absolute Gasteiger partial charge is 0.493 e. The lowest BCUT2D eigenvalue weighted by molar-refractivity contribution is -0.145. The highest BCUT2D eigenvalue weighted by molar-refractivity contribution is 5.72. The van der Waals surface area contributed by atoms with Crippen LogP contribution in [0.1, 0.15) is 25.8 Å². The number of ether oxygens (including phenoxy) is 2. The van der Waals surface area contributed by atoms with Crippen LogP contribution in [0.2, 0.25) is 0 Å². The number of nitrogens with two attached hydrogens (primary N) is 1. The Kier molecular flexibility index (Phi) is 5.63. The molecule has 1 aromatic carbocycles. The number of rotatable bonds is 7. The molecule has 5 nitrogen and oxygen atoms in total. The smallest absolute Gasteiger partial charge is 0.344 e. The normalized spacial score (nSPS) is 13.7. The minimum Gasteiger partial charge on any atom is -0.493 e. The van der Waals surface area contributed by atoms with Crippen molar-refractivity contribution in [3.8, 4) is 11.5 Å². The summed E-state index contributed by atoms with van der Waals surface area (Å²) >= 11 is 0. The highest BCUT2D eigenvalue weighted by Crippen LogP contribution is 2.29. The van der Waals surface area contributed by atoms with Gasteiger partial charge < -0.3 is 20.3 Å². The summed E-state index contributed by atoms with van der Waals surface area (Å²) in [5.41, 5.74) is 6.75. The van der Waals surface area contributed by atoms with E-state index in [1.54, 1.807) is 19.1 Å². The first-order valence-corrected chi connectivity index (χ1v) is 6.29. The maximum absolute atomic E-state index is 11.0. The average Bonchev–Trinajstić information content (AvgIpc) is 2.35. The third-order valence-corrected chi connectivity index (χ3v) is 2.70. The molecular weight excluding hydrogens is 246 g/mol. The molecule has 0 saturated heterocycles. The monoisotopic (exact) mass is 267 g/mol. The second-order valence-electron chi connectivity index (χ2n) is 4.52. The zero-order valence-corrected chi connectivity index (χ0v) is 11.6. The standard InChI is InChI=1S/C14H21NO4/c1-4-11(14(16)17)19-13-8-10(7-9(2)15)5-6-12(13)18-3/h5-6,8-9,11H,4,7,15H2,1-3H3,(H,16,17). The Morgan fingerprint density at radius 1 is 1.42 bits per heavy atom. The Balaban J connectivity index is 2.98. The molecule has 0 fully saturated rings. The molecule has 1 rings (SSSR count). The van der Waals surface area contributed by atoms with Gasteiger partial charge >= 0.3 is 5.97 Å². The van der Waals surface area contributed by atoms with Crippen molar-refractivity contribution in [3.63, 3.8) is 0 Å². The molecule has 0 spiro atoms. The summed E-state index contributed by atoms with van der Waals surface area (Å²) in [6, 6.07) is 5.48. The van der Waals surface area contributed by atoms with Crippen LogP contribution in [0, 0.1) is 0 Å². The average molecular weight is 267 g/mol. The van der Waals surface area contributed by atoms with Gasteiger partial charge in [-0.3, -0.25) is 0 Å². The number of hydrogen-bond donors (Lipinski definition) is 2. The van der Waals surface area contributed by atoms with Crippen LogP contribution in [0.5, 0.6) is 11.5 Å². The first-order valence-electron chi connectivity index (χ1n) is 6.29. The van der Waals surface area contributed by atoms with E-state index in [9.17, 15) is 4.79 Å². The molecule has 5 heteroatoms. The van der Waals surface area contributed by atoms with Crippen molar-refractivity contribution in [1.29, 1.82) is 0 Å². The summed E-state index contributed by atoms with van der Waals surface area (Å²) in [6.07, 6.45) is 0.208. The number of carboxylic acids is 1. The van der Waals surface area contributed by atoms with E-state index in [1.807, 2.05) is 13.0 Å². The quantitative estimate of drug-likeness (QED) is 0.787. The number of aliphatic carboxylic acids is 1. The molecule has 0 aliphatic carbocycles. The molecule has 0 saturated carbocycles. The molecule has 106 valence electrons. The summed E-state index contributed by atoms with van der Waals surface area (Å²) in [6.45, 7) is 3.67. The van der Waals surface area contributed by atoms with Crippen LogP contribution in [-0.4, -0.2) is 30.3 Å². The Hall–Kier alpha value is -1.75. The van der Waals surface area contributed by atoms with Gasteiger partial charge in [0.15, 0.2) is 17.6 Å². The predicted molar refractivity (Wildman–Crippen MR) is 72.7 cm³/mol. The van der Waals surface area contributed by atoms with Crippen LogP contribution in [0.4, 0.5) is 0 Å².